The van der Waals surface area contributed by atoms with E-state index in [0.717, 1.165) is 19.3 Å². The molecule has 33 heavy (non-hydrogen) atoms. The summed E-state index contributed by atoms with van der Waals surface area (Å²) in [4.78, 5) is 17.4. The highest BCUT2D eigenvalue weighted by Gasteiger charge is 2.29. The Morgan fingerprint density at radius 1 is 1.15 bits per heavy atom. The van der Waals surface area contributed by atoms with Gasteiger partial charge in [0.15, 0.2) is 0 Å². The number of benzene rings is 2. The van der Waals surface area contributed by atoms with Crippen LogP contribution in [0.15, 0.2) is 59.8 Å². The van der Waals surface area contributed by atoms with Gasteiger partial charge in [0, 0.05) is 38.1 Å². The van der Waals surface area contributed by atoms with Crippen molar-refractivity contribution in [3.05, 3.63) is 82.6 Å². The fourth-order valence-corrected chi connectivity index (χ4v) is 5.96. The van der Waals surface area contributed by atoms with E-state index in [1.54, 1.807) is 36.1 Å². The number of nitrogens with zero attached hydrogens (tertiary/aromatic N) is 3. The van der Waals surface area contributed by atoms with Gasteiger partial charge in [-0.1, -0.05) is 30.2 Å². The lowest BCUT2D eigenvalue weighted by molar-refractivity contribution is 0.0941. The zero-order valence-corrected chi connectivity index (χ0v) is 19.6. The average Bonchev–Trinajstić information content (AvgIpc) is 3.23. The number of halogens is 2. The van der Waals surface area contributed by atoms with E-state index in [0.29, 0.717) is 24.5 Å². The van der Waals surface area contributed by atoms with Gasteiger partial charge in [0.25, 0.3) is 5.91 Å². The summed E-state index contributed by atoms with van der Waals surface area (Å²) in [5.74, 6) is -0.467. The molecule has 10 heteroatoms. The molecule has 1 fully saturated rings. The Bertz CT molecular complexity index is 1270. The predicted molar refractivity (Wildman–Crippen MR) is 123 cm³/mol. The normalized spacial score (nSPS) is 15.8. The number of hydrogen-bond donors (Lipinski definition) is 1. The topological polar surface area (TPSA) is 84.3 Å². The molecule has 4 rings (SSSR count). The number of imidazole rings is 1. The number of rotatable bonds is 6. The van der Waals surface area contributed by atoms with E-state index in [9.17, 15) is 17.6 Å². The van der Waals surface area contributed by atoms with E-state index in [1.165, 1.54) is 34.6 Å². The SMILES string of the molecule is Cn1ccnc1[C@@H](NC(=O)c1ccc(Cl)c(S(=O)(=O)N2CCCCC2)c1)c1cccc(F)c1. The maximum atomic E-state index is 13.9. The van der Waals surface area contributed by atoms with Crippen LogP contribution in [0.25, 0.3) is 0 Å². The molecule has 1 aromatic heterocycles. The molecule has 1 saturated heterocycles. The monoisotopic (exact) mass is 490 g/mol. The number of carbonyl (C=O) groups is 1. The fraction of sp³-hybridized carbons (Fsp3) is 0.304. The van der Waals surface area contributed by atoms with E-state index >= 15 is 0 Å². The van der Waals surface area contributed by atoms with Crippen LogP contribution in [0.1, 0.15) is 47.1 Å². The van der Waals surface area contributed by atoms with Crippen molar-refractivity contribution in [3.8, 4) is 0 Å². The van der Waals surface area contributed by atoms with Crippen LogP contribution in [-0.4, -0.2) is 41.3 Å². The van der Waals surface area contributed by atoms with Crippen LogP contribution in [0.3, 0.4) is 0 Å². The third kappa shape index (κ3) is 4.95. The largest absolute Gasteiger partial charge is 0.338 e. The number of carbonyl (C=O) groups excluding carboxylic acids is 1. The molecule has 1 aliphatic rings. The summed E-state index contributed by atoms with van der Waals surface area (Å²) in [5, 5.41) is 2.92. The Kier molecular flexibility index (Phi) is 6.83. The van der Waals surface area contributed by atoms with E-state index in [2.05, 4.69) is 10.3 Å². The molecule has 2 heterocycles. The van der Waals surface area contributed by atoms with Gasteiger partial charge in [0.2, 0.25) is 10.0 Å². The summed E-state index contributed by atoms with van der Waals surface area (Å²) in [6.45, 7) is 0.853. The van der Waals surface area contributed by atoms with Crippen LogP contribution in [-0.2, 0) is 17.1 Å². The molecule has 3 aromatic rings. The summed E-state index contributed by atoms with van der Waals surface area (Å²) in [6, 6.07) is 9.31. The lowest BCUT2D eigenvalue weighted by Gasteiger charge is -2.26. The van der Waals surface area contributed by atoms with Gasteiger partial charge in [-0.05, 0) is 48.7 Å². The lowest BCUT2D eigenvalue weighted by Crippen LogP contribution is -2.36. The molecule has 1 amide bonds. The van der Waals surface area contributed by atoms with Crippen molar-refractivity contribution in [3.63, 3.8) is 0 Å². The van der Waals surface area contributed by atoms with Crippen molar-refractivity contribution in [1.29, 1.82) is 0 Å². The minimum absolute atomic E-state index is 0.0582. The molecule has 0 spiro atoms. The highest BCUT2D eigenvalue weighted by Crippen LogP contribution is 2.29. The Hall–Kier alpha value is -2.75. The average molecular weight is 491 g/mol. The molecule has 0 radical (unpaired) electrons. The molecule has 2 aromatic carbocycles. The Balaban J connectivity index is 1.67. The first-order valence-electron chi connectivity index (χ1n) is 10.6. The van der Waals surface area contributed by atoms with Gasteiger partial charge in [-0.2, -0.15) is 4.31 Å². The molecule has 1 N–H and O–H groups in total. The number of amides is 1. The molecule has 1 atom stereocenters. The van der Waals surface area contributed by atoms with Crippen LogP contribution in [0.5, 0.6) is 0 Å². The standard InChI is InChI=1S/C23H24ClFN4O3S/c1-28-13-10-26-22(28)21(16-6-5-7-18(25)14-16)27-23(30)17-8-9-19(24)20(15-17)33(31,32)29-11-3-2-4-12-29/h5-10,13-15,21H,2-4,11-12H2,1H3,(H,27,30)/t21-/m0/s1. The van der Waals surface area contributed by atoms with Gasteiger partial charge in [-0.15, -0.1) is 0 Å². The van der Waals surface area contributed by atoms with Crippen molar-refractivity contribution in [2.75, 3.05) is 13.1 Å². The first kappa shape index (κ1) is 23.4. The first-order valence-corrected chi connectivity index (χ1v) is 12.4. The van der Waals surface area contributed by atoms with Crippen LogP contribution < -0.4 is 5.32 Å². The molecule has 0 unspecified atom stereocenters. The number of nitrogens with one attached hydrogen (secondary N) is 1. The second kappa shape index (κ2) is 9.62. The number of aryl methyl sites for hydroxylation is 1. The molecule has 0 aliphatic carbocycles. The second-order valence-corrected chi connectivity index (χ2v) is 10.3. The van der Waals surface area contributed by atoms with Crippen LogP contribution in [0.4, 0.5) is 4.39 Å². The molecule has 1 aliphatic heterocycles. The zero-order valence-electron chi connectivity index (χ0n) is 18.0. The second-order valence-electron chi connectivity index (χ2n) is 7.97. The van der Waals surface area contributed by atoms with E-state index < -0.39 is 27.8 Å². The quantitative estimate of drug-likeness (QED) is 0.568. The van der Waals surface area contributed by atoms with Gasteiger partial charge in [0.1, 0.15) is 22.6 Å². The molecular formula is C23H24ClFN4O3S. The van der Waals surface area contributed by atoms with Crippen molar-refractivity contribution in [2.24, 2.45) is 7.05 Å². The number of piperidine rings is 1. The minimum Gasteiger partial charge on any atom is -0.338 e. The van der Waals surface area contributed by atoms with Crippen LogP contribution >= 0.6 is 11.6 Å². The van der Waals surface area contributed by atoms with E-state index in [4.69, 9.17) is 11.6 Å². The summed E-state index contributed by atoms with van der Waals surface area (Å²) in [7, 11) is -2.06. The first-order chi connectivity index (χ1) is 15.8. The zero-order chi connectivity index (χ0) is 23.6. The summed E-state index contributed by atoms with van der Waals surface area (Å²) in [6.07, 6.45) is 5.86. The maximum Gasteiger partial charge on any atom is 0.252 e. The lowest BCUT2D eigenvalue weighted by atomic mass is 10.0. The number of sulfonamides is 1. The summed E-state index contributed by atoms with van der Waals surface area (Å²) >= 11 is 6.23. The summed E-state index contributed by atoms with van der Waals surface area (Å²) < 4.78 is 43.3. The maximum absolute atomic E-state index is 13.9. The Labute approximate surface area is 197 Å². The van der Waals surface area contributed by atoms with Crippen molar-refractivity contribution in [1.82, 2.24) is 19.2 Å². The fourth-order valence-electron chi connectivity index (χ4n) is 3.94. The third-order valence-corrected chi connectivity index (χ3v) is 8.08. The minimum atomic E-state index is -3.83. The van der Waals surface area contributed by atoms with Gasteiger partial charge in [0.05, 0.1) is 5.02 Å². The highest BCUT2D eigenvalue weighted by molar-refractivity contribution is 7.89. The number of aromatic nitrogens is 2. The van der Waals surface area contributed by atoms with Gasteiger partial charge in [-0.3, -0.25) is 4.79 Å². The van der Waals surface area contributed by atoms with Gasteiger partial charge >= 0.3 is 0 Å². The van der Waals surface area contributed by atoms with Crippen molar-refractivity contribution >= 4 is 27.5 Å². The van der Waals surface area contributed by atoms with E-state index in [1.807, 2.05) is 0 Å². The van der Waals surface area contributed by atoms with Gasteiger partial charge < -0.3 is 9.88 Å². The molecule has 174 valence electrons. The smallest absolute Gasteiger partial charge is 0.252 e. The molecule has 7 nitrogen and oxygen atoms in total. The van der Waals surface area contributed by atoms with Crippen molar-refractivity contribution < 1.29 is 17.6 Å². The van der Waals surface area contributed by atoms with Gasteiger partial charge in [-0.25, -0.2) is 17.8 Å². The van der Waals surface area contributed by atoms with E-state index in [-0.39, 0.29) is 15.5 Å². The third-order valence-electron chi connectivity index (χ3n) is 5.70. The Morgan fingerprint density at radius 3 is 2.58 bits per heavy atom. The Morgan fingerprint density at radius 2 is 1.91 bits per heavy atom. The molecule has 0 saturated carbocycles. The molecular weight excluding hydrogens is 467 g/mol. The summed E-state index contributed by atoms with van der Waals surface area (Å²) in [5.41, 5.74) is 0.637. The molecule has 0 bridgehead atoms. The van der Waals surface area contributed by atoms with Crippen molar-refractivity contribution in [2.45, 2.75) is 30.2 Å². The van der Waals surface area contributed by atoms with Crippen LogP contribution in [0.2, 0.25) is 5.02 Å². The highest BCUT2D eigenvalue weighted by atomic mass is 35.5. The number of hydrogen-bond acceptors (Lipinski definition) is 4. The predicted octanol–water partition coefficient (Wildman–Crippen LogP) is 3.91. The van der Waals surface area contributed by atoms with Crippen LogP contribution in [0, 0.1) is 5.82 Å².